The number of sulfonamides is 1. The molecule has 0 unspecified atom stereocenters. The first kappa shape index (κ1) is 16.7. The molecule has 3 heterocycles. The van der Waals surface area contributed by atoms with Crippen molar-refractivity contribution in [1.82, 2.24) is 19.4 Å². The summed E-state index contributed by atoms with van der Waals surface area (Å²) in [7, 11) is -3.72. The van der Waals surface area contributed by atoms with Gasteiger partial charge in [-0.25, -0.2) is 18.4 Å². The van der Waals surface area contributed by atoms with E-state index in [4.69, 9.17) is 10.3 Å². The number of nitrogens with zero attached hydrogens (tertiary/aromatic N) is 5. The van der Waals surface area contributed by atoms with Crippen molar-refractivity contribution in [2.24, 2.45) is 0 Å². The molecule has 3 rings (SSSR count). The molecule has 9 nitrogen and oxygen atoms in total. The van der Waals surface area contributed by atoms with Crippen molar-refractivity contribution in [3.05, 3.63) is 23.2 Å². The van der Waals surface area contributed by atoms with E-state index in [1.807, 2.05) is 24.8 Å². The van der Waals surface area contributed by atoms with E-state index in [1.165, 1.54) is 11.2 Å². The van der Waals surface area contributed by atoms with Crippen LogP contribution in [0, 0.1) is 20.8 Å². The highest BCUT2D eigenvalue weighted by molar-refractivity contribution is 7.89. The van der Waals surface area contributed by atoms with Gasteiger partial charge < -0.3 is 15.2 Å². The Morgan fingerprint density at radius 1 is 1.08 bits per heavy atom. The summed E-state index contributed by atoms with van der Waals surface area (Å²) in [4.78, 5) is 10.8. The molecule has 1 fully saturated rings. The number of hydrogen-bond donors (Lipinski definition) is 1. The molecule has 1 aliphatic heterocycles. The molecule has 130 valence electrons. The van der Waals surface area contributed by atoms with Crippen LogP contribution in [0.4, 0.5) is 11.8 Å². The van der Waals surface area contributed by atoms with Crippen LogP contribution in [0.1, 0.15) is 17.1 Å². The first-order chi connectivity index (χ1) is 11.3. The number of hydrogen-bond acceptors (Lipinski definition) is 8. The van der Waals surface area contributed by atoms with E-state index in [0.717, 1.165) is 11.4 Å². The van der Waals surface area contributed by atoms with Gasteiger partial charge in [-0.15, -0.1) is 0 Å². The molecule has 1 aliphatic rings. The van der Waals surface area contributed by atoms with Gasteiger partial charge in [0.2, 0.25) is 16.0 Å². The molecule has 0 spiro atoms. The molecular weight excluding hydrogens is 332 g/mol. The number of aryl methyl sites for hydroxylation is 3. The topological polar surface area (TPSA) is 118 Å². The summed E-state index contributed by atoms with van der Waals surface area (Å²) in [5, 5.41) is 3.53. The zero-order valence-corrected chi connectivity index (χ0v) is 14.7. The van der Waals surface area contributed by atoms with Crippen molar-refractivity contribution in [3.8, 4) is 0 Å². The molecule has 0 aromatic carbocycles. The molecule has 2 N–H and O–H groups in total. The molecule has 2 aromatic heterocycles. The van der Waals surface area contributed by atoms with Gasteiger partial charge in [0.15, 0.2) is 16.5 Å². The van der Waals surface area contributed by atoms with E-state index in [2.05, 4.69) is 15.1 Å². The minimum Gasteiger partial charge on any atom is -0.380 e. The summed E-state index contributed by atoms with van der Waals surface area (Å²) < 4.78 is 31.7. The first-order valence-corrected chi connectivity index (χ1v) is 9.02. The second-order valence-corrected chi connectivity index (χ2v) is 7.67. The van der Waals surface area contributed by atoms with E-state index < -0.39 is 10.0 Å². The number of anilines is 2. The molecule has 10 heteroatoms. The molecule has 0 amide bonds. The van der Waals surface area contributed by atoms with Crippen LogP contribution >= 0.6 is 0 Å². The lowest BCUT2D eigenvalue weighted by molar-refractivity contribution is 0.377. The zero-order valence-electron chi connectivity index (χ0n) is 13.9. The maximum Gasteiger partial charge on any atom is 0.250 e. The highest BCUT2D eigenvalue weighted by Gasteiger charge is 2.34. The third kappa shape index (κ3) is 2.94. The Morgan fingerprint density at radius 3 is 2.17 bits per heavy atom. The van der Waals surface area contributed by atoms with Gasteiger partial charge in [0, 0.05) is 37.6 Å². The Bertz CT molecular complexity index is 816. The third-order valence-corrected chi connectivity index (χ3v) is 5.98. The van der Waals surface area contributed by atoms with Crippen LogP contribution in [0.15, 0.2) is 15.5 Å². The summed E-state index contributed by atoms with van der Waals surface area (Å²) in [6.45, 7) is 7.02. The van der Waals surface area contributed by atoms with Crippen molar-refractivity contribution in [1.29, 1.82) is 0 Å². The Balaban J connectivity index is 1.77. The van der Waals surface area contributed by atoms with Gasteiger partial charge in [-0.3, -0.25) is 0 Å². The normalized spacial score (nSPS) is 16.5. The van der Waals surface area contributed by atoms with Gasteiger partial charge in [0.1, 0.15) is 0 Å². The van der Waals surface area contributed by atoms with Gasteiger partial charge in [0.05, 0.1) is 0 Å². The number of rotatable bonds is 3. The zero-order chi connectivity index (χ0) is 17.5. The van der Waals surface area contributed by atoms with Crippen LogP contribution < -0.4 is 10.6 Å². The molecule has 0 saturated carbocycles. The van der Waals surface area contributed by atoms with Crippen LogP contribution in [-0.2, 0) is 10.0 Å². The van der Waals surface area contributed by atoms with E-state index >= 15 is 0 Å². The molecule has 2 aromatic rings. The summed E-state index contributed by atoms with van der Waals surface area (Å²) >= 11 is 0. The van der Waals surface area contributed by atoms with Crippen molar-refractivity contribution >= 4 is 21.8 Å². The number of nitrogen functional groups attached to an aromatic ring is 1. The minimum atomic E-state index is -3.72. The maximum atomic E-state index is 12.7. The number of aromatic nitrogens is 3. The average Bonchev–Trinajstić information content (AvgIpc) is 2.86. The van der Waals surface area contributed by atoms with Crippen molar-refractivity contribution in [2.75, 3.05) is 36.8 Å². The lowest BCUT2D eigenvalue weighted by Gasteiger charge is -2.34. The summed E-state index contributed by atoms with van der Waals surface area (Å²) in [6.07, 6.45) is 0. The predicted octanol–water partition coefficient (Wildman–Crippen LogP) is 0.483. The summed E-state index contributed by atoms with van der Waals surface area (Å²) in [5.41, 5.74) is 7.42. The Kier molecular flexibility index (Phi) is 4.18. The van der Waals surface area contributed by atoms with Gasteiger partial charge in [0.25, 0.3) is 0 Å². The average molecular weight is 352 g/mol. The lowest BCUT2D eigenvalue weighted by atomic mass is 10.3. The molecule has 0 radical (unpaired) electrons. The van der Waals surface area contributed by atoms with Crippen LogP contribution in [0.25, 0.3) is 0 Å². The SMILES string of the molecule is Cc1cc(C)nc(N2CCN(S(=O)(=O)c3c(N)noc3C)CC2)n1. The maximum absolute atomic E-state index is 12.7. The molecular formula is C14H20N6O3S. The summed E-state index contributed by atoms with van der Waals surface area (Å²) in [6, 6.07) is 1.90. The van der Waals surface area contributed by atoms with Gasteiger partial charge in [-0.05, 0) is 26.8 Å². The fourth-order valence-electron chi connectivity index (χ4n) is 2.80. The van der Waals surface area contributed by atoms with Crippen LogP contribution in [0.5, 0.6) is 0 Å². The van der Waals surface area contributed by atoms with Crippen molar-refractivity contribution in [3.63, 3.8) is 0 Å². The second kappa shape index (κ2) is 6.02. The van der Waals surface area contributed by atoms with Crippen molar-refractivity contribution in [2.45, 2.75) is 25.7 Å². The second-order valence-electron chi connectivity index (χ2n) is 5.79. The van der Waals surface area contributed by atoms with Crippen LogP contribution in [0.3, 0.4) is 0 Å². The minimum absolute atomic E-state index is 0.0430. The third-order valence-electron chi connectivity index (χ3n) is 3.92. The van der Waals surface area contributed by atoms with Crippen LogP contribution in [-0.4, -0.2) is 54.0 Å². The quantitative estimate of drug-likeness (QED) is 0.847. The molecule has 0 bridgehead atoms. The van der Waals surface area contributed by atoms with Gasteiger partial charge in [-0.1, -0.05) is 5.16 Å². The monoisotopic (exact) mass is 352 g/mol. The van der Waals surface area contributed by atoms with E-state index in [0.29, 0.717) is 32.1 Å². The van der Waals surface area contributed by atoms with Gasteiger partial charge in [-0.2, -0.15) is 4.31 Å². The molecule has 0 atom stereocenters. The molecule has 0 aliphatic carbocycles. The van der Waals surface area contributed by atoms with E-state index in [9.17, 15) is 8.42 Å². The van der Waals surface area contributed by atoms with Crippen molar-refractivity contribution < 1.29 is 12.9 Å². The Hall–Kier alpha value is -2.20. The standard InChI is InChI=1S/C14H20N6O3S/c1-9-8-10(2)17-14(16-9)19-4-6-20(7-5-19)24(21,22)12-11(3)23-18-13(12)15/h8H,4-7H2,1-3H3,(H2,15,18). The smallest absolute Gasteiger partial charge is 0.250 e. The fraction of sp³-hybridized carbons (Fsp3) is 0.500. The number of piperazine rings is 1. The number of nitrogens with two attached hydrogens (primary N) is 1. The lowest BCUT2D eigenvalue weighted by Crippen LogP contribution is -2.49. The molecule has 1 saturated heterocycles. The predicted molar refractivity (Wildman–Crippen MR) is 88.1 cm³/mol. The summed E-state index contributed by atoms with van der Waals surface area (Å²) in [5.74, 6) is 0.727. The van der Waals surface area contributed by atoms with Gasteiger partial charge >= 0.3 is 0 Å². The first-order valence-electron chi connectivity index (χ1n) is 7.58. The largest absolute Gasteiger partial charge is 0.380 e. The highest BCUT2D eigenvalue weighted by Crippen LogP contribution is 2.26. The fourth-order valence-corrected chi connectivity index (χ4v) is 4.41. The van der Waals surface area contributed by atoms with E-state index in [1.54, 1.807) is 0 Å². The highest BCUT2D eigenvalue weighted by atomic mass is 32.2. The molecule has 24 heavy (non-hydrogen) atoms. The van der Waals surface area contributed by atoms with E-state index in [-0.39, 0.29) is 16.5 Å². The van der Waals surface area contributed by atoms with Crippen LogP contribution in [0.2, 0.25) is 0 Å². The Labute approximate surface area is 140 Å². The Morgan fingerprint density at radius 2 is 1.67 bits per heavy atom.